The summed E-state index contributed by atoms with van der Waals surface area (Å²) in [5.74, 6) is 1.59. The second-order valence-corrected chi connectivity index (χ2v) is 8.89. The van der Waals surface area contributed by atoms with E-state index in [1.165, 1.54) is 0 Å². The maximum Gasteiger partial charge on any atom is 0.312 e. The van der Waals surface area contributed by atoms with Gasteiger partial charge in [-0.2, -0.15) is 5.10 Å². The molecule has 2 aromatic carbocycles. The van der Waals surface area contributed by atoms with Gasteiger partial charge in [-0.15, -0.1) is 0 Å². The van der Waals surface area contributed by atoms with Crippen LogP contribution in [0.4, 0.5) is 5.69 Å². The van der Waals surface area contributed by atoms with Crippen LogP contribution in [0.25, 0.3) is 0 Å². The second kappa shape index (κ2) is 9.38. The number of nitrogens with zero attached hydrogens (tertiary/aromatic N) is 5. The van der Waals surface area contributed by atoms with Crippen LogP contribution in [0.15, 0.2) is 42.5 Å². The predicted molar refractivity (Wildman–Crippen MR) is 128 cm³/mol. The molecular weight excluding hydrogens is 450 g/mol. The van der Waals surface area contributed by atoms with Gasteiger partial charge in [0.1, 0.15) is 11.4 Å². The van der Waals surface area contributed by atoms with Gasteiger partial charge in [0.05, 0.1) is 11.5 Å². The minimum absolute atomic E-state index is 0.0148. The molecule has 1 fully saturated rings. The number of amides is 1. The largest absolute Gasteiger partial charge is 0.454 e. The number of aryl methyl sites for hydroxylation is 1. The maximum absolute atomic E-state index is 13.0. The third-order valence-electron chi connectivity index (χ3n) is 6.56. The first-order valence-electron chi connectivity index (χ1n) is 11.6. The monoisotopic (exact) mass is 477 g/mol. The summed E-state index contributed by atoms with van der Waals surface area (Å²) in [6.45, 7) is 7.75. The van der Waals surface area contributed by atoms with E-state index in [4.69, 9.17) is 9.47 Å². The molecule has 1 aromatic heterocycles. The first-order chi connectivity index (χ1) is 16.9. The van der Waals surface area contributed by atoms with Gasteiger partial charge in [0.25, 0.3) is 5.91 Å². The molecule has 0 bridgehead atoms. The Balaban J connectivity index is 1.16. The van der Waals surface area contributed by atoms with Crippen molar-refractivity contribution in [3.05, 3.63) is 80.7 Å². The quantitative estimate of drug-likeness (QED) is 0.397. The molecule has 0 spiro atoms. The van der Waals surface area contributed by atoms with Crippen molar-refractivity contribution >= 4 is 11.6 Å². The topological polar surface area (TPSA) is 103 Å². The Morgan fingerprint density at radius 1 is 0.971 bits per heavy atom. The molecule has 0 aliphatic carbocycles. The van der Waals surface area contributed by atoms with Gasteiger partial charge in [-0.1, -0.05) is 18.2 Å². The lowest BCUT2D eigenvalue weighted by Crippen LogP contribution is -2.48. The number of hydrogen-bond acceptors (Lipinski definition) is 7. The molecule has 0 saturated carbocycles. The Morgan fingerprint density at radius 2 is 1.66 bits per heavy atom. The number of nitro groups is 1. The molecule has 2 aliphatic rings. The minimum atomic E-state index is -0.398. The van der Waals surface area contributed by atoms with E-state index < -0.39 is 4.92 Å². The summed E-state index contributed by atoms with van der Waals surface area (Å²) in [7, 11) is 0. The third kappa shape index (κ3) is 4.69. The Kier molecular flexibility index (Phi) is 6.12. The van der Waals surface area contributed by atoms with Crippen LogP contribution in [0.1, 0.15) is 32.9 Å². The van der Waals surface area contributed by atoms with Crippen molar-refractivity contribution in [2.45, 2.75) is 26.9 Å². The van der Waals surface area contributed by atoms with E-state index in [0.717, 1.165) is 42.3 Å². The Labute approximate surface area is 202 Å². The number of aromatic nitrogens is 2. The van der Waals surface area contributed by atoms with Crippen LogP contribution in [0.3, 0.4) is 0 Å². The Hall–Kier alpha value is -3.92. The van der Waals surface area contributed by atoms with Crippen molar-refractivity contribution in [1.82, 2.24) is 19.6 Å². The number of rotatable bonds is 6. The van der Waals surface area contributed by atoms with Crippen LogP contribution >= 0.6 is 0 Å². The number of benzene rings is 2. The average Bonchev–Trinajstić information content (AvgIpc) is 3.42. The summed E-state index contributed by atoms with van der Waals surface area (Å²) in [6, 6.07) is 13.4. The summed E-state index contributed by atoms with van der Waals surface area (Å²) in [6.07, 6.45) is 0. The Bertz CT molecular complexity index is 1260. The number of ether oxygens (including phenoxy) is 2. The van der Waals surface area contributed by atoms with E-state index in [1.54, 1.807) is 18.5 Å². The zero-order chi connectivity index (χ0) is 24.5. The highest BCUT2D eigenvalue weighted by Gasteiger charge is 2.24. The summed E-state index contributed by atoms with van der Waals surface area (Å²) in [5, 5.41) is 15.5. The average molecular weight is 478 g/mol. The summed E-state index contributed by atoms with van der Waals surface area (Å²) < 4.78 is 12.5. The van der Waals surface area contributed by atoms with Crippen molar-refractivity contribution < 1.29 is 19.2 Å². The molecule has 5 rings (SSSR count). The van der Waals surface area contributed by atoms with Gasteiger partial charge in [0.2, 0.25) is 6.79 Å². The van der Waals surface area contributed by atoms with Crippen LogP contribution in [-0.2, 0) is 13.1 Å². The number of fused-ring (bicyclic) bond motifs is 1. The van der Waals surface area contributed by atoms with Crippen molar-refractivity contribution in [1.29, 1.82) is 0 Å². The molecule has 182 valence electrons. The molecule has 3 heterocycles. The van der Waals surface area contributed by atoms with Gasteiger partial charge in [0, 0.05) is 38.3 Å². The van der Waals surface area contributed by atoms with E-state index in [-0.39, 0.29) is 18.4 Å². The fraction of sp³-hybridized carbons (Fsp3) is 0.360. The van der Waals surface area contributed by atoms with E-state index in [9.17, 15) is 14.9 Å². The molecule has 35 heavy (non-hydrogen) atoms. The van der Waals surface area contributed by atoms with Gasteiger partial charge in [-0.25, -0.2) is 0 Å². The minimum Gasteiger partial charge on any atom is -0.454 e. The number of carbonyl (C=O) groups excluding carboxylic acids is 1. The van der Waals surface area contributed by atoms with Crippen LogP contribution in [0.2, 0.25) is 0 Å². The van der Waals surface area contributed by atoms with Crippen LogP contribution in [-0.4, -0.2) is 63.4 Å². The van der Waals surface area contributed by atoms with Crippen molar-refractivity contribution in [2.24, 2.45) is 0 Å². The summed E-state index contributed by atoms with van der Waals surface area (Å²) in [5.41, 5.74) is 3.70. The fourth-order valence-corrected chi connectivity index (χ4v) is 4.62. The SMILES string of the molecule is Cc1nn(Cc2ccc(C(=O)N3CCN(Cc4ccc5c(c4)OCO5)CC3)cc2)c(C)c1[N+](=O)[O-]. The molecule has 10 nitrogen and oxygen atoms in total. The number of hydrogen-bond donors (Lipinski definition) is 0. The highest BCUT2D eigenvalue weighted by Crippen LogP contribution is 2.33. The number of piperazine rings is 1. The van der Waals surface area contributed by atoms with Crippen molar-refractivity contribution in [3.8, 4) is 11.5 Å². The van der Waals surface area contributed by atoms with Gasteiger partial charge in [-0.05, 0) is 49.2 Å². The van der Waals surface area contributed by atoms with E-state index in [2.05, 4.69) is 16.1 Å². The molecule has 0 radical (unpaired) electrons. The van der Waals surface area contributed by atoms with Crippen molar-refractivity contribution in [3.63, 3.8) is 0 Å². The Morgan fingerprint density at radius 3 is 2.34 bits per heavy atom. The summed E-state index contributed by atoms with van der Waals surface area (Å²) >= 11 is 0. The molecule has 0 N–H and O–H groups in total. The van der Waals surface area contributed by atoms with Crippen LogP contribution < -0.4 is 9.47 Å². The summed E-state index contributed by atoms with van der Waals surface area (Å²) in [4.78, 5) is 28.1. The lowest BCUT2D eigenvalue weighted by molar-refractivity contribution is -0.386. The fourth-order valence-electron chi connectivity index (χ4n) is 4.62. The molecule has 1 amide bonds. The lowest BCUT2D eigenvalue weighted by Gasteiger charge is -2.34. The van der Waals surface area contributed by atoms with Gasteiger partial charge < -0.3 is 14.4 Å². The first kappa shape index (κ1) is 22.9. The van der Waals surface area contributed by atoms with Crippen LogP contribution in [0.5, 0.6) is 11.5 Å². The van der Waals surface area contributed by atoms with Gasteiger partial charge >= 0.3 is 5.69 Å². The molecule has 0 unspecified atom stereocenters. The predicted octanol–water partition coefficient (Wildman–Crippen LogP) is 3.14. The lowest BCUT2D eigenvalue weighted by atomic mass is 10.1. The molecule has 2 aliphatic heterocycles. The zero-order valence-electron chi connectivity index (χ0n) is 19.8. The maximum atomic E-state index is 13.0. The van der Waals surface area contributed by atoms with Crippen LogP contribution in [0, 0.1) is 24.0 Å². The van der Waals surface area contributed by atoms with Gasteiger partial charge in [-0.3, -0.25) is 24.5 Å². The second-order valence-electron chi connectivity index (χ2n) is 8.89. The van der Waals surface area contributed by atoms with Crippen molar-refractivity contribution in [2.75, 3.05) is 33.0 Å². The highest BCUT2D eigenvalue weighted by molar-refractivity contribution is 5.94. The standard InChI is InChI=1S/C25H27N5O5/c1-17-24(30(32)33)18(2)29(26-17)15-19-3-6-21(7-4-19)25(31)28-11-9-27(10-12-28)14-20-5-8-22-23(13-20)35-16-34-22/h3-8,13H,9-12,14-16H2,1-2H3. The molecule has 1 saturated heterocycles. The number of carbonyl (C=O) groups is 1. The van der Waals surface area contributed by atoms with E-state index in [1.807, 2.05) is 41.3 Å². The first-order valence-corrected chi connectivity index (χ1v) is 11.6. The third-order valence-corrected chi connectivity index (χ3v) is 6.56. The molecule has 0 atom stereocenters. The highest BCUT2D eigenvalue weighted by atomic mass is 16.7. The van der Waals surface area contributed by atoms with Gasteiger partial charge in [0.15, 0.2) is 11.5 Å². The molecular formula is C25H27N5O5. The van der Waals surface area contributed by atoms with E-state index >= 15 is 0 Å². The molecule has 10 heteroatoms. The van der Waals surface area contributed by atoms with E-state index in [0.29, 0.717) is 36.6 Å². The zero-order valence-corrected chi connectivity index (χ0v) is 19.8. The smallest absolute Gasteiger partial charge is 0.312 e. The molecule has 3 aromatic rings. The normalized spacial score (nSPS) is 15.4.